The summed E-state index contributed by atoms with van der Waals surface area (Å²) in [7, 11) is 1.71. The highest BCUT2D eigenvalue weighted by atomic mass is 79.9. The highest BCUT2D eigenvalue weighted by molar-refractivity contribution is 9.10. The Hall–Kier alpha value is -1.17. The molecule has 3 N–H and O–H groups in total. The van der Waals surface area contributed by atoms with Gasteiger partial charge in [-0.2, -0.15) is 0 Å². The monoisotopic (exact) mass is 337 g/mol. The Labute approximate surface area is 127 Å². The lowest BCUT2D eigenvalue weighted by atomic mass is 10.0. The van der Waals surface area contributed by atoms with Gasteiger partial charge in [-0.25, -0.2) is 0 Å². The van der Waals surface area contributed by atoms with Crippen LogP contribution in [0.3, 0.4) is 0 Å². The minimum Gasteiger partial charge on any atom is -0.384 e. The van der Waals surface area contributed by atoms with E-state index >= 15 is 0 Å². The lowest BCUT2D eigenvalue weighted by Gasteiger charge is -2.24. The number of fused-ring (bicyclic) bond motifs is 1. The summed E-state index contributed by atoms with van der Waals surface area (Å²) >= 11 is 3.45. The number of anilines is 1. The SMILES string of the molecule is COCC(C)C(CN)Nc1cccc2cc(Br)cnc12. The van der Waals surface area contributed by atoms with Gasteiger partial charge in [0, 0.05) is 41.7 Å². The highest BCUT2D eigenvalue weighted by Crippen LogP contribution is 2.25. The van der Waals surface area contributed by atoms with Crippen LogP contribution < -0.4 is 11.1 Å². The summed E-state index contributed by atoms with van der Waals surface area (Å²) in [5.74, 6) is 0.329. The fourth-order valence-corrected chi connectivity index (χ4v) is 2.61. The predicted molar refractivity (Wildman–Crippen MR) is 86.9 cm³/mol. The van der Waals surface area contributed by atoms with Crippen molar-refractivity contribution >= 4 is 32.5 Å². The molecule has 1 heterocycles. The smallest absolute Gasteiger partial charge is 0.0934 e. The van der Waals surface area contributed by atoms with Crippen molar-refractivity contribution in [2.45, 2.75) is 13.0 Å². The number of para-hydroxylation sites is 1. The molecule has 2 atom stereocenters. The minimum atomic E-state index is 0.158. The van der Waals surface area contributed by atoms with Crippen LogP contribution in [0.25, 0.3) is 10.9 Å². The summed E-state index contributed by atoms with van der Waals surface area (Å²) in [5, 5.41) is 4.59. The van der Waals surface area contributed by atoms with Gasteiger partial charge in [-0.15, -0.1) is 0 Å². The molecule has 108 valence electrons. The van der Waals surface area contributed by atoms with Crippen molar-refractivity contribution in [3.63, 3.8) is 0 Å². The van der Waals surface area contributed by atoms with E-state index in [4.69, 9.17) is 10.5 Å². The first kappa shape index (κ1) is 15.2. The largest absolute Gasteiger partial charge is 0.384 e. The standard InChI is InChI=1S/C15H20BrN3O/c1-10(9-20-2)14(7-17)19-13-5-3-4-11-6-12(16)8-18-15(11)13/h3-6,8,10,14,19H,7,9,17H2,1-2H3. The molecule has 2 rings (SSSR count). The van der Waals surface area contributed by atoms with Gasteiger partial charge in [0.05, 0.1) is 17.8 Å². The highest BCUT2D eigenvalue weighted by Gasteiger charge is 2.16. The van der Waals surface area contributed by atoms with Crippen molar-refractivity contribution in [2.75, 3.05) is 25.6 Å². The Morgan fingerprint density at radius 3 is 2.95 bits per heavy atom. The number of pyridine rings is 1. The van der Waals surface area contributed by atoms with E-state index in [1.807, 2.05) is 24.4 Å². The Kier molecular flexibility index (Phi) is 5.34. The van der Waals surface area contributed by atoms with Crippen molar-refractivity contribution < 1.29 is 4.74 Å². The number of nitrogens with one attached hydrogen (secondary N) is 1. The molecule has 0 aliphatic rings. The first-order valence-electron chi connectivity index (χ1n) is 6.65. The zero-order chi connectivity index (χ0) is 14.5. The summed E-state index contributed by atoms with van der Waals surface area (Å²) in [6.07, 6.45) is 1.81. The van der Waals surface area contributed by atoms with Crippen molar-refractivity contribution in [3.05, 3.63) is 34.9 Å². The third kappa shape index (κ3) is 3.48. The van der Waals surface area contributed by atoms with Crippen molar-refractivity contribution in [1.82, 2.24) is 4.98 Å². The van der Waals surface area contributed by atoms with Gasteiger partial charge in [-0.05, 0) is 28.1 Å². The molecule has 0 aliphatic carbocycles. The molecule has 0 saturated carbocycles. The van der Waals surface area contributed by atoms with Crippen LogP contribution in [-0.4, -0.2) is 31.3 Å². The number of halogens is 1. The molecule has 4 nitrogen and oxygen atoms in total. The second kappa shape index (κ2) is 7.02. The van der Waals surface area contributed by atoms with Crippen LogP contribution >= 0.6 is 15.9 Å². The maximum absolute atomic E-state index is 5.87. The van der Waals surface area contributed by atoms with Crippen LogP contribution in [-0.2, 0) is 4.74 Å². The van der Waals surface area contributed by atoms with Crippen LogP contribution in [0.2, 0.25) is 0 Å². The van der Waals surface area contributed by atoms with Gasteiger partial charge in [0.25, 0.3) is 0 Å². The number of nitrogens with zero attached hydrogens (tertiary/aromatic N) is 1. The molecule has 0 aliphatic heterocycles. The number of ether oxygens (including phenoxy) is 1. The topological polar surface area (TPSA) is 60.2 Å². The maximum atomic E-state index is 5.87. The van der Waals surface area contributed by atoms with Crippen LogP contribution in [0.1, 0.15) is 6.92 Å². The summed E-state index contributed by atoms with van der Waals surface area (Å²) in [5.41, 5.74) is 7.84. The molecule has 1 aromatic heterocycles. The van der Waals surface area contributed by atoms with E-state index in [9.17, 15) is 0 Å². The first-order valence-corrected chi connectivity index (χ1v) is 7.44. The Bertz CT molecular complexity index is 576. The van der Waals surface area contributed by atoms with E-state index < -0.39 is 0 Å². The Balaban J connectivity index is 2.28. The number of benzene rings is 1. The van der Waals surface area contributed by atoms with Gasteiger partial charge in [-0.1, -0.05) is 19.1 Å². The van der Waals surface area contributed by atoms with E-state index in [-0.39, 0.29) is 6.04 Å². The summed E-state index contributed by atoms with van der Waals surface area (Å²) in [6.45, 7) is 3.36. The summed E-state index contributed by atoms with van der Waals surface area (Å²) in [4.78, 5) is 4.49. The molecule has 0 amide bonds. The average Bonchev–Trinajstić information content (AvgIpc) is 2.44. The van der Waals surface area contributed by atoms with Gasteiger partial charge < -0.3 is 15.8 Å². The number of hydrogen-bond donors (Lipinski definition) is 2. The Morgan fingerprint density at radius 2 is 2.25 bits per heavy atom. The zero-order valence-electron chi connectivity index (χ0n) is 11.8. The molecule has 0 spiro atoms. The van der Waals surface area contributed by atoms with E-state index in [2.05, 4.69) is 39.2 Å². The fourth-order valence-electron chi connectivity index (χ4n) is 2.26. The average molecular weight is 338 g/mol. The Morgan fingerprint density at radius 1 is 1.45 bits per heavy atom. The van der Waals surface area contributed by atoms with Gasteiger partial charge in [-0.3, -0.25) is 4.98 Å². The third-order valence-electron chi connectivity index (χ3n) is 3.39. The van der Waals surface area contributed by atoms with Gasteiger partial charge in [0.15, 0.2) is 0 Å². The molecule has 5 heteroatoms. The van der Waals surface area contributed by atoms with Crippen molar-refractivity contribution in [1.29, 1.82) is 0 Å². The third-order valence-corrected chi connectivity index (χ3v) is 3.82. The molecule has 0 bridgehead atoms. The molecule has 0 fully saturated rings. The van der Waals surface area contributed by atoms with E-state index in [0.717, 1.165) is 21.1 Å². The predicted octanol–water partition coefficient (Wildman–Crippen LogP) is 3.02. The first-order chi connectivity index (χ1) is 9.65. The van der Waals surface area contributed by atoms with E-state index in [1.165, 1.54) is 0 Å². The summed E-state index contributed by atoms with van der Waals surface area (Å²) in [6, 6.07) is 8.32. The molecule has 0 saturated heterocycles. The van der Waals surface area contributed by atoms with E-state index in [0.29, 0.717) is 19.1 Å². The van der Waals surface area contributed by atoms with Crippen molar-refractivity contribution in [3.8, 4) is 0 Å². The number of hydrogen-bond acceptors (Lipinski definition) is 4. The lowest BCUT2D eigenvalue weighted by Crippen LogP contribution is -2.37. The molecule has 2 aromatic rings. The molecule has 2 unspecified atom stereocenters. The zero-order valence-corrected chi connectivity index (χ0v) is 13.4. The second-order valence-electron chi connectivity index (χ2n) is 4.95. The lowest BCUT2D eigenvalue weighted by molar-refractivity contribution is 0.151. The van der Waals surface area contributed by atoms with Crippen LogP contribution in [0, 0.1) is 5.92 Å². The van der Waals surface area contributed by atoms with E-state index in [1.54, 1.807) is 7.11 Å². The van der Waals surface area contributed by atoms with Crippen LogP contribution in [0.15, 0.2) is 34.9 Å². The number of rotatable bonds is 6. The van der Waals surface area contributed by atoms with Crippen LogP contribution in [0.4, 0.5) is 5.69 Å². The maximum Gasteiger partial charge on any atom is 0.0934 e. The number of methoxy groups -OCH3 is 1. The van der Waals surface area contributed by atoms with Gasteiger partial charge in [0.2, 0.25) is 0 Å². The van der Waals surface area contributed by atoms with Crippen LogP contribution in [0.5, 0.6) is 0 Å². The second-order valence-corrected chi connectivity index (χ2v) is 5.87. The fraction of sp³-hybridized carbons (Fsp3) is 0.400. The molecular weight excluding hydrogens is 318 g/mol. The summed E-state index contributed by atoms with van der Waals surface area (Å²) < 4.78 is 6.19. The van der Waals surface area contributed by atoms with Crippen molar-refractivity contribution in [2.24, 2.45) is 11.7 Å². The molecule has 1 aromatic carbocycles. The number of nitrogens with two attached hydrogens (primary N) is 1. The van der Waals surface area contributed by atoms with Gasteiger partial charge in [0.1, 0.15) is 0 Å². The normalized spacial score (nSPS) is 14.2. The number of aromatic nitrogens is 1. The molecular formula is C15H20BrN3O. The molecule has 0 radical (unpaired) electrons. The van der Waals surface area contributed by atoms with Gasteiger partial charge >= 0.3 is 0 Å². The molecule has 20 heavy (non-hydrogen) atoms. The minimum absolute atomic E-state index is 0.158. The quantitative estimate of drug-likeness (QED) is 0.850.